The maximum Gasteiger partial charge on any atom is 0.0438 e. The van der Waals surface area contributed by atoms with Crippen LogP contribution in [0.1, 0.15) is 19.4 Å². The maximum absolute atomic E-state index is 6.02. The van der Waals surface area contributed by atoms with Gasteiger partial charge in [0.15, 0.2) is 0 Å². The van der Waals surface area contributed by atoms with Gasteiger partial charge in [0.2, 0.25) is 0 Å². The third-order valence-electron chi connectivity index (χ3n) is 2.27. The third kappa shape index (κ3) is 3.02. The zero-order valence-electron chi connectivity index (χ0n) is 8.13. The second-order valence-electron chi connectivity index (χ2n) is 3.70. The highest BCUT2D eigenvalue weighted by Crippen LogP contribution is 2.17. The van der Waals surface area contributed by atoms with Crippen molar-refractivity contribution in [2.75, 3.05) is 0 Å². The van der Waals surface area contributed by atoms with Crippen molar-refractivity contribution in [1.29, 1.82) is 0 Å². The number of nitrogens with two attached hydrogens (primary N) is 1. The summed E-state index contributed by atoms with van der Waals surface area (Å²) >= 11 is 6.02. The number of hydrogen-bond acceptors (Lipinski definition) is 1. The Morgan fingerprint density at radius 2 is 1.92 bits per heavy atom. The molecule has 2 heteroatoms. The molecular formula is C11H16ClN. The van der Waals surface area contributed by atoms with E-state index in [1.54, 1.807) is 0 Å². The Bertz CT molecular complexity index is 271. The first-order valence-electron chi connectivity index (χ1n) is 4.60. The van der Waals surface area contributed by atoms with E-state index in [0.717, 1.165) is 17.0 Å². The Kier molecular flexibility index (Phi) is 3.76. The fraction of sp³-hybridized carbons (Fsp3) is 0.455. The van der Waals surface area contributed by atoms with Gasteiger partial charge in [0, 0.05) is 11.1 Å². The van der Waals surface area contributed by atoms with Gasteiger partial charge in [-0.25, -0.2) is 0 Å². The minimum Gasteiger partial charge on any atom is -0.327 e. The molecule has 2 N–H and O–H groups in total. The van der Waals surface area contributed by atoms with Gasteiger partial charge in [-0.2, -0.15) is 0 Å². The van der Waals surface area contributed by atoms with Gasteiger partial charge in [-0.05, 0) is 24.0 Å². The molecule has 0 fully saturated rings. The van der Waals surface area contributed by atoms with Crippen LogP contribution in [0.3, 0.4) is 0 Å². The van der Waals surface area contributed by atoms with Crippen molar-refractivity contribution in [1.82, 2.24) is 0 Å². The lowest BCUT2D eigenvalue weighted by Gasteiger charge is -2.15. The summed E-state index contributed by atoms with van der Waals surface area (Å²) in [4.78, 5) is 0. The molecule has 0 spiro atoms. The van der Waals surface area contributed by atoms with Crippen LogP contribution in [-0.2, 0) is 6.42 Å². The number of benzene rings is 1. The lowest BCUT2D eigenvalue weighted by Crippen LogP contribution is -2.28. The molecule has 0 heterocycles. The Labute approximate surface area is 84.9 Å². The number of hydrogen-bond donors (Lipinski definition) is 1. The predicted molar refractivity (Wildman–Crippen MR) is 58.0 cm³/mol. The second kappa shape index (κ2) is 4.64. The minimum atomic E-state index is 0.194. The Morgan fingerprint density at radius 3 is 2.46 bits per heavy atom. The SMILES string of the molecule is CC(C)[C@H](N)Cc1ccccc1Cl. The molecule has 0 aliphatic carbocycles. The summed E-state index contributed by atoms with van der Waals surface area (Å²) in [5.41, 5.74) is 7.10. The fourth-order valence-corrected chi connectivity index (χ4v) is 1.37. The van der Waals surface area contributed by atoms with Gasteiger partial charge in [0.1, 0.15) is 0 Å². The Balaban J connectivity index is 2.69. The number of rotatable bonds is 3. The average Bonchev–Trinajstić information content (AvgIpc) is 2.08. The average molecular weight is 198 g/mol. The molecule has 0 bridgehead atoms. The predicted octanol–water partition coefficient (Wildman–Crippen LogP) is 2.87. The molecular weight excluding hydrogens is 182 g/mol. The van der Waals surface area contributed by atoms with E-state index in [1.165, 1.54) is 0 Å². The Morgan fingerprint density at radius 1 is 1.31 bits per heavy atom. The molecule has 1 rings (SSSR count). The van der Waals surface area contributed by atoms with Crippen LogP contribution in [0.2, 0.25) is 5.02 Å². The topological polar surface area (TPSA) is 26.0 Å². The van der Waals surface area contributed by atoms with Crippen LogP contribution in [0.5, 0.6) is 0 Å². The van der Waals surface area contributed by atoms with E-state index in [4.69, 9.17) is 17.3 Å². The minimum absolute atomic E-state index is 0.194. The van der Waals surface area contributed by atoms with Crippen LogP contribution in [0.15, 0.2) is 24.3 Å². The van der Waals surface area contributed by atoms with Crippen LogP contribution >= 0.6 is 11.6 Å². The van der Waals surface area contributed by atoms with Gasteiger partial charge < -0.3 is 5.73 Å². The molecule has 0 aliphatic heterocycles. The zero-order chi connectivity index (χ0) is 9.84. The first-order valence-corrected chi connectivity index (χ1v) is 4.98. The third-order valence-corrected chi connectivity index (χ3v) is 2.64. The first-order chi connectivity index (χ1) is 6.11. The smallest absolute Gasteiger partial charge is 0.0438 e. The molecule has 0 saturated carbocycles. The molecule has 0 saturated heterocycles. The monoisotopic (exact) mass is 197 g/mol. The van der Waals surface area contributed by atoms with Gasteiger partial charge in [-0.3, -0.25) is 0 Å². The molecule has 0 amide bonds. The van der Waals surface area contributed by atoms with E-state index in [9.17, 15) is 0 Å². The van der Waals surface area contributed by atoms with Gasteiger partial charge in [0.05, 0.1) is 0 Å². The molecule has 0 unspecified atom stereocenters. The first kappa shape index (κ1) is 10.6. The zero-order valence-corrected chi connectivity index (χ0v) is 8.88. The van der Waals surface area contributed by atoms with E-state index in [-0.39, 0.29) is 6.04 Å². The molecule has 1 aromatic carbocycles. The lowest BCUT2D eigenvalue weighted by atomic mass is 9.97. The molecule has 0 aromatic heterocycles. The molecule has 0 radical (unpaired) electrons. The van der Waals surface area contributed by atoms with Crippen LogP contribution in [0.25, 0.3) is 0 Å². The Hall–Kier alpha value is -0.530. The normalized spacial score (nSPS) is 13.3. The van der Waals surface area contributed by atoms with Crippen molar-refractivity contribution in [2.24, 2.45) is 11.7 Å². The van der Waals surface area contributed by atoms with Gasteiger partial charge in [0.25, 0.3) is 0 Å². The van der Waals surface area contributed by atoms with Crippen LogP contribution < -0.4 is 5.73 Å². The number of halogens is 1. The summed E-state index contributed by atoms with van der Waals surface area (Å²) in [6.07, 6.45) is 0.858. The van der Waals surface area contributed by atoms with Gasteiger partial charge >= 0.3 is 0 Å². The van der Waals surface area contributed by atoms with Crippen molar-refractivity contribution in [3.05, 3.63) is 34.9 Å². The highest BCUT2D eigenvalue weighted by molar-refractivity contribution is 6.31. The summed E-state index contributed by atoms with van der Waals surface area (Å²) in [6.45, 7) is 4.25. The lowest BCUT2D eigenvalue weighted by molar-refractivity contribution is 0.490. The molecule has 1 atom stereocenters. The van der Waals surface area contributed by atoms with Crippen LogP contribution in [-0.4, -0.2) is 6.04 Å². The molecule has 72 valence electrons. The van der Waals surface area contributed by atoms with Crippen LogP contribution in [0, 0.1) is 5.92 Å². The van der Waals surface area contributed by atoms with E-state index in [2.05, 4.69) is 13.8 Å². The molecule has 0 aliphatic rings. The largest absolute Gasteiger partial charge is 0.327 e. The van der Waals surface area contributed by atoms with Crippen molar-refractivity contribution in [3.63, 3.8) is 0 Å². The summed E-state index contributed by atoms with van der Waals surface area (Å²) in [7, 11) is 0. The van der Waals surface area contributed by atoms with Crippen molar-refractivity contribution in [3.8, 4) is 0 Å². The fourth-order valence-electron chi connectivity index (χ4n) is 1.15. The van der Waals surface area contributed by atoms with E-state index >= 15 is 0 Å². The highest BCUT2D eigenvalue weighted by atomic mass is 35.5. The highest BCUT2D eigenvalue weighted by Gasteiger charge is 2.09. The maximum atomic E-state index is 6.02. The van der Waals surface area contributed by atoms with E-state index in [1.807, 2.05) is 24.3 Å². The molecule has 13 heavy (non-hydrogen) atoms. The standard InChI is InChI=1S/C11H16ClN/c1-8(2)11(13)7-9-5-3-4-6-10(9)12/h3-6,8,11H,7,13H2,1-2H3/t11-/m1/s1. The summed E-state index contributed by atoms with van der Waals surface area (Å²) in [5.74, 6) is 0.497. The quantitative estimate of drug-likeness (QED) is 0.793. The van der Waals surface area contributed by atoms with Crippen molar-refractivity contribution in [2.45, 2.75) is 26.3 Å². The van der Waals surface area contributed by atoms with Crippen molar-refractivity contribution >= 4 is 11.6 Å². The van der Waals surface area contributed by atoms with Gasteiger partial charge in [-0.1, -0.05) is 43.6 Å². The summed E-state index contributed by atoms with van der Waals surface area (Å²) in [5, 5.41) is 0.818. The van der Waals surface area contributed by atoms with E-state index < -0.39 is 0 Å². The molecule has 1 nitrogen and oxygen atoms in total. The van der Waals surface area contributed by atoms with Crippen molar-refractivity contribution < 1.29 is 0 Å². The second-order valence-corrected chi connectivity index (χ2v) is 4.11. The summed E-state index contributed by atoms with van der Waals surface area (Å²) < 4.78 is 0. The molecule has 1 aromatic rings. The summed E-state index contributed by atoms with van der Waals surface area (Å²) in [6, 6.07) is 8.06. The van der Waals surface area contributed by atoms with Crippen LogP contribution in [0.4, 0.5) is 0 Å². The van der Waals surface area contributed by atoms with E-state index in [0.29, 0.717) is 5.92 Å². The van der Waals surface area contributed by atoms with Gasteiger partial charge in [-0.15, -0.1) is 0 Å².